The molecule has 186 valence electrons. The van der Waals surface area contributed by atoms with Crippen LogP contribution in [0.4, 0.5) is 10.2 Å². The largest absolute Gasteiger partial charge is 0.372 e. The van der Waals surface area contributed by atoms with Gasteiger partial charge in [-0.1, -0.05) is 0 Å². The van der Waals surface area contributed by atoms with Gasteiger partial charge in [-0.2, -0.15) is 15.5 Å². The zero-order valence-corrected chi connectivity index (χ0v) is 19.6. The lowest BCUT2D eigenvalue weighted by Crippen LogP contribution is -2.25. The van der Waals surface area contributed by atoms with Gasteiger partial charge in [0.2, 0.25) is 0 Å². The summed E-state index contributed by atoms with van der Waals surface area (Å²) in [6.45, 7) is -2.57. The molecule has 3 aromatic heterocycles. The predicted octanol–water partition coefficient (Wildman–Crippen LogP) is 2.01. The number of anilines is 1. The van der Waals surface area contributed by atoms with Gasteiger partial charge in [0.1, 0.15) is 17.7 Å². The summed E-state index contributed by atoms with van der Waals surface area (Å²) < 4.78 is 40.3. The van der Waals surface area contributed by atoms with Crippen molar-refractivity contribution in [1.29, 1.82) is 5.26 Å². The molecule has 11 nitrogen and oxygen atoms in total. The number of pyridine rings is 1. The predicted molar refractivity (Wildman–Crippen MR) is 133 cm³/mol. The van der Waals surface area contributed by atoms with Crippen molar-refractivity contribution in [2.24, 2.45) is 12.8 Å². The number of aromatic amines is 1. The van der Waals surface area contributed by atoms with E-state index in [2.05, 4.69) is 31.7 Å². The van der Waals surface area contributed by atoms with E-state index < -0.39 is 18.4 Å². The maximum atomic E-state index is 15.8. The molecule has 1 fully saturated rings. The summed E-state index contributed by atoms with van der Waals surface area (Å²) in [4.78, 5) is 31.7. The zero-order chi connectivity index (χ0) is 28.5. The molecule has 0 spiro atoms. The van der Waals surface area contributed by atoms with E-state index in [1.54, 1.807) is 11.9 Å². The Morgan fingerprint density at radius 2 is 2.16 bits per heavy atom. The number of aromatic nitrogens is 5. The number of hydrogen-bond acceptors (Lipinski definition) is 8. The van der Waals surface area contributed by atoms with Crippen LogP contribution in [0.3, 0.4) is 0 Å². The molecule has 37 heavy (non-hydrogen) atoms. The Morgan fingerprint density at radius 3 is 2.86 bits per heavy atom. The number of nitrogens with two attached hydrogens (primary N) is 1. The summed E-state index contributed by atoms with van der Waals surface area (Å²) in [6.07, 6.45) is 3.14. The average Bonchev–Trinajstić information content (AvgIpc) is 3.59. The van der Waals surface area contributed by atoms with Crippen molar-refractivity contribution in [2.45, 2.75) is 32.0 Å². The van der Waals surface area contributed by atoms with Crippen LogP contribution in [0.1, 0.15) is 44.1 Å². The fourth-order valence-corrected chi connectivity index (χ4v) is 5.02. The van der Waals surface area contributed by atoms with Gasteiger partial charge < -0.3 is 16.0 Å². The lowest BCUT2D eigenvalue weighted by molar-refractivity contribution is 0.0766. The third-order valence-electron chi connectivity index (χ3n) is 6.92. The molecule has 0 atom stereocenters. The standard InChI is InChI=1S/C25H22FN9O2/c1-29-23-21-13(19(8-28)32-33-24(21)36)6-18(31-23)15-9-30-34(2)22(15)20-14(7-27)16-10-35(11-3-4-11)25(37)12(16)5-17(20)26/h5-6,9,11H,3-4,8,10,28H2,1-2H3,(H,29,31)(H,33,36)/i1D3. The molecule has 0 bridgehead atoms. The first-order chi connectivity index (χ1) is 19.0. The second-order valence-corrected chi connectivity index (χ2v) is 9.05. The van der Waals surface area contributed by atoms with E-state index in [0.717, 1.165) is 18.9 Å². The number of nitriles is 1. The Labute approximate surface area is 213 Å². The van der Waals surface area contributed by atoms with E-state index >= 15 is 4.39 Å². The van der Waals surface area contributed by atoms with Crippen molar-refractivity contribution >= 4 is 22.5 Å². The van der Waals surface area contributed by atoms with Gasteiger partial charge in [-0.3, -0.25) is 14.3 Å². The quantitative estimate of drug-likeness (QED) is 0.374. The molecular weight excluding hydrogens is 477 g/mol. The van der Waals surface area contributed by atoms with E-state index in [-0.39, 0.29) is 81.0 Å². The summed E-state index contributed by atoms with van der Waals surface area (Å²) in [5.74, 6) is -1.33. The van der Waals surface area contributed by atoms with E-state index in [4.69, 9.17) is 9.85 Å². The molecule has 1 aliphatic heterocycles. The number of carbonyl (C=O) groups is 1. The van der Waals surface area contributed by atoms with Crippen LogP contribution in [0.5, 0.6) is 0 Å². The van der Waals surface area contributed by atoms with Crippen LogP contribution in [0.2, 0.25) is 0 Å². The third kappa shape index (κ3) is 3.31. The molecule has 12 heteroatoms. The molecule has 2 aliphatic rings. The van der Waals surface area contributed by atoms with Crippen LogP contribution in [-0.2, 0) is 20.1 Å². The monoisotopic (exact) mass is 502 g/mol. The van der Waals surface area contributed by atoms with Gasteiger partial charge in [0, 0.05) is 59.3 Å². The SMILES string of the molecule is [2H]C([2H])([2H])Nc1nc(-c2cnn(C)c2-c2c(F)cc3c(c2C#N)CN(C2CC2)C3=O)cc2c(CN)n[nH]c(=O)c12. The van der Waals surface area contributed by atoms with Crippen LogP contribution < -0.4 is 16.6 Å². The Balaban J connectivity index is 1.60. The molecule has 0 radical (unpaired) electrons. The maximum absolute atomic E-state index is 15.8. The minimum Gasteiger partial charge on any atom is -0.372 e. The Kier molecular flexibility index (Phi) is 4.34. The highest BCUT2D eigenvalue weighted by Crippen LogP contribution is 2.42. The first-order valence-corrected chi connectivity index (χ1v) is 11.5. The smallest absolute Gasteiger partial charge is 0.275 e. The van der Waals surface area contributed by atoms with E-state index in [0.29, 0.717) is 5.56 Å². The first kappa shape index (κ1) is 19.5. The number of benzene rings is 1. The molecule has 1 amide bonds. The van der Waals surface area contributed by atoms with Gasteiger partial charge in [0.15, 0.2) is 0 Å². The lowest BCUT2D eigenvalue weighted by Gasteiger charge is -2.14. The molecule has 4 heterocycles. The highest BCUT2D eigenvalue weighted by Gasteiger charge is 2.41. The summed E-state index contributed by atoms with van der Waals surface area (Å²) in [5.41, 5.74) is 6.60. The van der Waals surface area contributed by atoms with Gasteiger partial charge >= 0.3 is 0 Å². The van der Waals surface area contributed by atoms with Gasteiger partial charge in [-0.05, 0) is 25.0 Å². The molecule has 0 unspecified atom stereocenters. The lowest BCUT2D eigenvalue weighted by atomic mass is 9.93. The molecule has 0 saturated heterocycles. The van der Waals surface area contributed by atoms with Crippen molar-refractivity contribution in [3.05, 3.63) is 56.9 Å². The van der Waals surface area contributed by atoms with Gasteiger partial charge in [-0.15, -0.1) is 0 Å². The summed E-state index contributed by atoms with van der Waals surface area (Å²) >= 11 is 0. The number of amides is 1. The third-order valence-corrected chi connectivity index (χ3v) is 6.92. The summed E-state index contributed by atoms with van der Waals surface area (Å²) in [5, 5.41) is 23.2. The molecule has 1 aromatic carbocycles. The highest BCUT2D eigenvalue weighted by molar-refractivity contribution is 6.01. The molecular formula is C25H22FN9O2. The Bertz CT molecular complexity index is 1840. The number of hydrogen-bond donors (Lipinski definition) is 3. The highest BCUT2D eigenvalue weighted by atomic mass is 19.1. The van der Waals surface area contributed by atoms with Gasteiger partial charge in [0.25, 0.3) is 11.5 Å². The molecule has 1 aliphatic carbocycles. The fourth-order valence-electron chi connectivity index (χ4n) is 5.02. The zero-order valence-electron chi connectivity index (χ0n) is 22.6. The van der Waals surface area contributed by atoms with Gasteiger partial charge in [-0.25, -0.2) is 14.5 Å². The Morgan fingerprint density at radius 1 is 1.35 bits per heavy atom. The minimum atomic E-state index is -2.70. The molecule has 6 rings (SSSR count). The number of fused-ring (bicyclic) bond motifs is 2. The number of aryl methyl sites for hydroxylation is 1. The maximum Gasteiger partial charge on any atom is 0.275 e. The van der Waals surface area contributed by atoms with Crippen LogP contribution in [-0.4, -0.2) is 48.8 Å². The number of H-pyrrole nitrogens is 1. The van der Waals surface area contributed by atoms with Crippen LogP contribution >= 0.6 is 0 Å². The molecule has 1 saturated carbocycles. The molecule has 4 N–H and O–H groups in total. The Hall–Kier alpha value is -4.63. The normalized spacial score (nSPS) is 16.3. The van der Waals surface area contributed by atoms with Crippen LogP contribution in [0.15, 0.2) is 23.1 Å². The van der Waals surface area contributed by atoms with Crippen molar-refractivity contribution in [1.82, 2.24) is 29.9 Å². The first-order valence-electron chi connectivity index (χ1n) is 13.0. The van der Waals surface area contributed by atoms with E-state index in [1.165, 1.54) is 16.9 Å². The van der Waals surface area contributed by atoms with Crippen molar-refractivity contribution in [3.63, 3.8) is 0 Å². The second-order valence-electron chi connectivity index (χ2n) is 9.05. The fraction of sp³-hybridized carbons (Fsp3) is 0.280. The number of rotatable bonds is 5. The van der Waals surface area contributed by atoms with E-state index in [9.17, 15) is 14.9 Å². The summed E-state index contributed by atoms with van der Waals surface area (Å²) in [6, 6.07) is 4.83. The average molecular weight is 503 g/mol. The number of carbonyl (C=O) groups excluding carboxylic acids is 1. The number of nitrogens with one attached hydrogen (secondary N) is 2. The second kappa shape index (κ2) is 8.21. The topological polar surface area (TPSA) is 159 Å². The van der Waals surface area contributed by atoms with Crippen molar-refractivity contribution < 1.29 is 13.3 Å². The number of halogens is 1. The van der Waals surface area contributed by atoms with Crippen LogP contribution in [0, 0.1) is 17.1 Å². The minimum absolute atomic E-state index is 0.0127. The number of nitrogens with zero attached hydrogens (tertiary/aromatic N) is 6. The van der Waals surface area contributed by atoms with Gasteiger partial charge in [0.05, 0.1) is 39.8 Å². The molecule has 4 aromatic rings. The van der Waals surface area contributed by atoms with Crippen molar-refractivity contribution in [3.8, 4) is 28.6 Å². The summed E-state index contributed by atoms with van der Waals surface area (Å²) in [7, 11) is 1.56. The van der Waals surface area contributed by atoms with Crippen molar-refractivity contribution in [2.75, 3.05) is 12.3 Å². The van der Waals surface area contributed by atoms with E-state index in [1.807, 2.05) is 0 Å². The van der Waals surface area contributed by atoms with Crippen LogP contribution in [0.25, 0.3) is 33.3 Å².